The fourth-order valence-electron chi connectivity index (χ4n) is 4.69. The van der Waals surface area contributed by atoms with Gasteiger partial charge in [0.15, 0.2) is 5.75 Å². The lowest BCUT2D eigenvalue weighted by atomic mass is 10.1. The first-order valence-corrected chi connectivity index (χ1v) is 21.7. The summed E-state index contributed by atoms with van der Waals surface area (Å²) in [4.78, 5) is 10.2. The summed E-state index contributed by atoms with van der Waals surface area (Å²) in [5.41, 5.74) is -0.214. The molecule has 298 valence electrons. The highest BCUT2D eigenvalue weighted by molar-refractivity contribution is 7.94. The van der Waals surface area contributed by atoms with Crippen molar-refractivity contribution in [1.29, 1.82) is 0 Å². The van der Waals surface area contributed by atoms with Crippen LogP contribution >= 0.6 is 12.0 Å². The highest BCUT2D eigenvalue weighted by Gasteiger charge is 2.26. The molecule has 0 fully saturated rings. The van der Waals surface area contributed by atoms with Crippen molar-refractivity contribution in [2.24, 2.45) is 10.2 Å². The van der Waals surface area contributed by atoms with E-state index >= 15 is 0 Å². The number of aromatic hydroxyl groups is 1. The van der Waals surface area contributed by atoms with Crippen LogP contribution in [0.4, 0.5) is 34.6 Å². The summed E-state index contributed by atoms with van der Waals surface area (Å²) in [7, 11) is -19.3. The Kier molecular flexibility index (Phi) is 12.6. The summed E-state index contributed by atoms with van der Waals surface area (Å²) in [6.07, 6.45) is 0. The molecule has 1 aromatic heterocycles. The Morgan fingerprint density at radius 3 is 2.04 bits per heavy atom. The Hall–Kier alpha value is -4.94. The summed E-state index contributed by atoms with van der Waals surface area (Å²) < 4.78 is 141. The number of benzene rings is 4. The zero-order chi connectivity index (χ0) is 41.1. The number of fused-ring (bicyclic) bond motifs is 1. The van der Waals surface area contributed by atoms with Crippen LogP contribution in [0.3, 0.4) is 0 Å². The summed E-state index contributed by atoms with van der Waals surface area (Å²) in [6.45, 7) is 1.16. The maximum Gasteiger partial charge on any atom is 0.397 e. The Morgan fingerprint density at radius 1 is 0.750 bits per heavy atom. The average molecular weight is 874 g/mol. The number of nitrogens with zero attached hydrogens (tertiary/aromatic N) is 5. The van der Waals surface area contributed by atoms with Crippen LogP contribution in [0.1, 0.15) is 11.4 Å². The van der Waals surface area contributed by atoms with Gasteiger partial charge in [0, 0.05) is 16.8 Å². The molecule has 7 N–H and O–H groups in total. The van der Waals surface area contributed by atoms with E-state index < -0.39 is 66.9 Å². The number of rotatable bonds is 16. The summed E-state index contributed by atoms with van der Waals surface area (Å²) in [5, 5.41) is 24.1. The van der Waals surface area contributed by atoms with Gasteiger partial charge in [0.2, 0.25) is 11.9 Å². The Labute approximate surface area is 322 Å². The molecule has 0 aliphatic carbocycles. The molecule has 0 saturated carbocycles. The van der Waals surface area contributed by atoms with Crippen molar-refractivity contribution in [3.05, 3.63) is 78.1 Å². The number of hydrogen-bond donors (Lipinski definition) is 7. The summed E-state index contributed by atoms with van der Waals surface area (Å²) >= 11 is 0.870. The molecule has 5 aromatic rings. The lowest BCUT2D eigenvalue weighted by molar-refractivity contribution is 0.282. The van der Waals surface area contributed by atoms with Crippen LogP contribution in [0.25, 0.3) is 10.8 Å². The Morgan fingerprint density at radius 2 is 1.41 bits per heavy atom. The molecule has 0 atom stereocenters. The van der Waals surface area contributed by atoms with Gasteiger partial charge < -0.3 is 19.9 Å². The van der Waals surface area contributed by atoms with Crippen LogP contribution in [0.15, 0.2) is 91.6 Å². The zero-order valence-corrected chi connectivity index (χ0v) is 32.2. The van der Waals surface area contributed by atoms with Crippen molar-refractivity contribution in [2.45, 2.75) is 28.2 Å². The van der Waals surface area contributed by atoms with E-state index in [1.165, 1.54) is 31.2 Å². The molecule has 0 unspecified atom stereocenters. The van der Waals surface area contributed by atoms with Gasteiger partial charge in [-0.25, -0.2) is 4.18 Å². The maximum atomic E-state index is 12.5. The number of hydrogen-bond acceptors (Lipinski definition) is 19. The average Bonchev–Trinajstić information content (AvgIpc) is 3.08. The van der Waals surface area contributed by atoms with Gasteiger partial charge in [0.05, 0.1) is 34.4 Å². The third-order valence-corrected chi connectivity index (χ3v) is 10.6. The van der Waals surface area contributed by atoms with Crippen LogP contribution in [0.2, 0.25) is 0 Å². The molecule has 0 saturated heterocycles. The second-order valence-corrected chi connectivity index (χ2v) is 17.3. The second-order valence-electron chi connectivity index (χ2n) is 11.1. The fraction of sp³-hybridized carbons (Fsp3) is 0.138. The molecular weight excluding hydrogens is 847 g/mol. The Balaban J connectivity index is 1.50. The van der Waals surface area contributed by atoms with E-state index in [0.717, 1.165) is 42.4 Å². The molecule has 0 amide bonds. The van der Waals surface area contributed by atoms with Gasteiger partial charge in [-0.15, -0.1) is 5.11 Å². The first-order chi connectivity index (χ1) is 26.1. The smallest absolute Gasteiger partial charge is 0.397 e. The van der Waals surface area contributed by atoms with Crippen molar-refractivity contribution in [1.82, 2.24) is 15.0 Å². The van der Waals surface area contributed by atoms with Crippen molar-refractivity contribution in [3.63, 3.8) is 0 Å². The van der Waals surface area contributed by atoms with E-state index in [4.69, 9.17) is 8.74 Å². The predicted molar refractivity (Wildman–Crippen MR) is 198 cm³/mol. The lowest BCUT2D eigenvalue weighted by Gasteiger charge is -2.15. The van der Waals surface area contributed by atoms with Crippen LogP contribution < -0.4 is 10.6 Å². The van der Waals surface area contributed by atoms with E-state index in [1.54, 1.807) is 12.1 Å². The standard InChI is InChI=1S/C29H27N7O15S5/c1-16-30-28(32-20-3-2-4-21(13-20)53(38,39)40)34-29(31-16)33-23-14-22(54(41,42)43)11-18-12-24(55(44,45)46)26(27(37)25(18)23)36-35-19-7-5-17(6-8-19)15-50-52-10-9-51-56(47,48)49/h2-8,11-14,37H,9-10,15H2,1H3,(H,38,39,40)(H,41,42,43)(H,44,45,46)(H,47,48,49)(H2,30,31,32,33,34). The van der Waals surface area contributed by atoms with Gasteiger partial charge in [-0.3, -0.25) is 18.2 Å². The molecule has 0 aliphatic heterocycles. The number of aryl methyl sites for hydroxylation is 1. The van der Waals surface area contributed by atoms with E-state index in [1.807, 2.05) is 0 Å². The van der Waals surface area contributed by atoms with Gasteiger partial charge in [-0.1, -0.05) is 18.2 Å². The zero-order valence-electron chi connectivity index (χ0n) is 28.1. The first-order valence-electron chi connectivity index (χ1n) is 15.1. The number of phenolic OH excluding ortho intramolecular Hbond substituents is 1. The van der Waals surface area contributed by atoms with Gasteiger partial charge >= 0.3 is 10.4 Å². The molecule has 56 heavy (non-hydrogen) atoms. The summed E-state index contributed by atoms with van der Waals surface area (Å²) in [6, 6.07) is 13.5. The number of anilines is 4. The quantitative estimate of drug-likeness (QED) is 0.0306. The molecule has 5 rings (SSSR count). The van der Waals surface area contributed by atoms with E-state index in [2.05, 4.69) is 40.0 Å². The highest BCUT2D eigenvalue weighted by atomic mass is 32.3. The minimum absolute atomic E-state index is 0.0488. The second kappa shape index (κ2) is 16.7. The predicted octanol–water partition coefficient (Wildman–Crippen LogP) is 4.67. The lowest BCUT2D eigenvalue weighted by Crippen LogP contribution is -2.07. The van der Waals surface area contributed by atoms with Gasteiger partial charge in [0.1, 0.15) is 16.4 Å². The molecule has 27 heteroatoms. The normalized spacial score (nSPS) is 12.7. The van der Waals surface area contributed by atoms with Crippen LogP contribution in [-0.2, 0) is 55.7 Å². The molecule has 4 aromatic carbocycles. The van der Waals surface area contributed by atoms with Crippen molar-refractivity contribution in [2.75, 3.05) is 23.0 Å². The topological polar surface area (TPSA) is 344 Å². The van der Waals surface area contributed by atoms with Crippen LogP contribution in [-0.4, -0.2) is 84.3 Å². The molecule has 22 nitrogen and oxygen atoms in total. The molecular formula is C29H27N7O15S5. The third kappa shape index (κ3) is 11.3. The minimum Gasteiger partial charge on any atom is -0.505 e. The van der Waals surface area contributed by atoms with Gasteiger partial charge in [-0.2, -0.15) is 53.7 Å². The van der Waals surface area contributed by atoms with E-state index in [-0.39, 0.29) is 64.5 Å². The Bertz CT molecular complexity index is 2790. The fourth-order valence-corrected chi connectivity index (χ4v) is 7.30. The van der Waals surface area contributed by atoms with Gasteiger partial charge in [0.25, 0.3) is 30.4 Å². The van der Waals surface area contributed by atoms with Crippen molar-refractivity contribution in [3.8, 4) is 5.75 Å². The molecule has 0 bridgehead atoms. The van der Waals surface area contributed by atoms with Crippen LogP contribution in [0, 0.1) is 6.92 Å². The minimum atomic E-state index is -5.17. The highest BCUT2D eigenvalue weighted by Crippen LogP contribution is 2.45. The number of aromatic nitrogens is 3. The largest absolute Gasteiger partial charge is 0.505 e. The third-order valence-electron chi connectivity index (χ3n) is 6.99. The molecule has 0 radical (unpaired) electrons. The number of azo groups is 1. The molecule has 0 aliphatic rings. The van der Waals surface area contributed by atoms with Crippen LogP contribution in [0.5, 0.6) is 5.75 Å². The van der Waals surface area contributed by atoms with E-state index in [9.17, 15) is 52.4 Å². The van der Waals surface area contributed by atoms with Crippen molar-refractivity contribution < 1.29 is 65.4 Å². The molecule has 0 spiro atoms. The summed E-state index contributed by atoms with van der Waals surface area (Å²) in [5.74, 6) is -1.24. The number of nitrogens with one attached hydrogen (secondary N) is 2. The number of phenols is 1. The maximum absolute atomic E-state index is 12.5. The van der Waals surface area contributed by atoms with Crippen molar-refractivity contribution >= 4 is 98.2 Å². The van der Waals surface area contributed by atoms with Gasteiger partial charge in [-0.05, 0) is 78.4 Å². The monoisotopic (exact) mass is 873 g/mol. The first kappa shape index (κ1) is 42.2. The van der Waals surface area contributed by atoms with E-state index in [0.29, 0.717) is 5.56 Å². The molecule has 1 heterocycles. The SMILES string of the molecule is Cc1nc(Nc2cccc(S(=O)(=O)O)c2)nc(Nc2cc(S(=O)(=O)O)cc3cc(S(=O)(=O)O)c(N=Nc4ccc(COSCCOS(=O)(=O)O)cc4)c(O)c23)n1.